The molecule has 1 rings (SSSR count). The van der Waals surface area contributed by atoms with Crippen LogP contribution in [-0.4, -0.2) is 44.5 Å². The van der Waals surface area contributed by atoms with Gasteiger partial charge in [-0.1, -0.05) is 0 Å². The van der Waals surface area contributed by atoms with E-state index in [1.807, 2.05) is 0 Å². The summed E-state index contributed by atoms with van der Waals surface area (Å²) >= 11 is 10.6. The van der Waals surface area contributed by atoms with Crippen LogP contribution in [0, 0.1) is 0 Å². The molecule has 1 aliphatic rings. The summed E-state index contributed by atoms with van der Waals surface area (Å²) in [5.41, 5.74) is 0. The van der Waals surface area contributed by atoms with Crippen molar-refractivity contribution in [2.24, 2.45) is 5.10 Å². The van der Waals surface area contributed by atoms with Crippen LogP contribution in [0.15, 0.2) is 17.2 Å². The molecule has 0 saturated carbocycles. The molecule has 0 bridgehead atoms. The van der Waals surface area contributed by atoms with E-state index in [1.54, 1.807) is 0 Å². The number of nitrogens with one attached hydrogen (secondary N) is 1. The van der Waals surface area contributed by atoms with E-state index in [0.717, 1.165) is 4.53 Å². The summed E-state index contributed by atoms with van der Waals surface area (Å²) in [6, 6.07) is 0. The van der Waals surface area contributed by atoms with Crippen LogP contribution in [0.1, 0.15) is 0 Å². The molecule has 0 fully saturated rings. The molecule has 0 unspecified atom stereocenters. The molecule has 0 aromatic carbocycles. The van der Waals surface area contributed by atoms with Crippen molar-refractivity contribution in [3.63, 3.8) is 0 Å². The van der Waals surface area contributed by atoms with Gasteiger partial charge in [-0.15, -0.1) is 9.63 Å². The second kappa shape index (κ2) is 4.31. The second-order valence-corrected chi connectivity index (χ2v) is 1.98. The van der Waals surface area contributed by atoms with Crippen LogP contribution in [0.25, 0.3) is 0 Å². The number of hydrogen-bond acceptors (Lipinski definition) is 4. The molecule has 0 saturated heterocycles. The average Bonchev–Trinajstić information content (AvgIpc) is 1.80. The van der Waals surface area contributed by atoms with Crippen molar-refractivity contribution >= 4 is 58.2 Å². The topological polar surface area (TPSA) is 47.9 Å². The van der Waals surface area contributed by atoms with Gasteiger partial charge < -0.3 is 10.4 Å². The van der Waals surface area contributed by atoms with Crippen LogP contribution in [-0.2, 0) is 0 Å². The summed E-state index contributed by atoms with van der Waals surface area (Å²) in [7, 11) is 0. The third-order valence-corrected chi connectivity index (χ3v) is 1.12. The third-order valence-electron chi connectivity index (χ3n) is 0.685. The molecular weight excluding hydrogens is 188 g/mol. The van der Waals surface area contributed by atoms with Crippen LogP contribution in [0.2, 0.25) is 0 Å². The van der Waals surface area contributed by atoms with Gasteiger partial charge in [-0.3, -0.25) is 0 Å². The minimum atomic E-state index is -0.193. The molecule has 0 radical (unpaired) electrons. The Kier molecular flexibility index (Phi) is 4.47. The number of hydrogen-bond donors (Lipinski definition) is 2. The van der Waals surface area contributed by atoms with Crippen molar-refractivity contribution in [2.45, 2.75) is 0 Å². The van der Waals surface area contributed by atoms with Gasteiger partial charge in [0, 0.05) is 11.8 Å². The standard InChI is InChI=1S/C3H3Cl2N3O.Na.H/c4-3-6-1-2(9)8(5)7-3;;/h1,9H,(H,6,7);;. The summed E-state index contributed by atoms with van der Waals surface area (Å²) in [4.78, 5) is 0. The molecule has 4 nitrogen and oxygen atoms in total. The summed E-state index contributed by atoms with van der Waals surface area (Å²) < 4.78 is 0.735. The molecule has 0 spiro atoms. The van der Waals surface area contributed by atoms with E-state index in [9.17, 15) is 0 Å². The summed E-state index contributed by atoms with van der Waals surface area (Å²) in [6.07, 6.45) is 1.22. The van der Waals surface area contributed by atoms with E-state index >= 15 is 0 Å². The molecule has 2 N–H and O–H groups in total. The molecule has 52 valence electrons. The molecule has 0 aliphatic carbocycles. The first-order valence-electron chi connectivity index (χ1n) is 2.06. The van der Waals surface area contributed by atoms with Crippen molar-refractivity contribution < 1.29 is 5.11 Å². The number of rotatable bonds is 0. The second-order valence-electron chi connectivity index (χ2n) is 1.30. The monoisotopic (exact) mass is 191 g/mol. The van der Waals surface area contributed by atoms with Gasteiger partial charge in [0.05, 0.1) is 6.20 Å². The van der Waals surface area contributed by atoms with Gasteiger partial charge in [0.25, 0.3) is 0 Å². The van der Waals surface area contributed by atoms with Gasteiger partial charge in [-0.2, -0.15) is 0 Å². The summed E-state index contributed by atoms with van der Waals surface area (Å²) in [5, 5.41) is 14.7. The van der Waals surface area contributed by atoms with Crippen LogP contribution < -0.4 is 5.32 Å². The van der Waals surface area contributed by atoms with Crippen molar-refractivity contribution in [1.29, 1.82) is 0 Å². The molecule has 7 heteroatoms. The maximum absolute atomic E-state index is 8.72. The first kappa shape index (κ1) is 10.4. The maximum atomic E-state index is 8.72. The third kappa shape index (κ3) is 2.56. The van der Waals surface area contributed by atoms with E-state index in [-0.39, 0.29) is 40.7 Å². The SMILES string of the molecule is OC1=CNC(Cl)=NN1Cl.[NaH]. The zero-order valence-corrected chi connectivity index (χ0v) is 5.69. The number of nitrogens with zero attached hydrogens (tertiary/aromatic N) is 2. The van der Waals surface area contributed by atoms with Gasteiger partial charge in [-0.05, 0) is 11.6 Å². The fourth-order valence-electron chi connectivity index (χ4n) is 0.335. The number of aliphatic hydroxyl groups excluding tert-OH is 1. The number of amidine groups is 1. The Morgan fingerprint density at radius 3 is 2.70 bits per heavy atom. The minimum absolute atomic E-state index is 0. The predicted octanol–water partition coefficient (Wildman–Crippen LogP) is 0.264. The fraction of sp³-hybridized carbons (Fsp3) is 0. The first-order chi connectivity index (χ1) is 4.20. The molecule has 0 atom stereocenters. The van der Waals surface area contributed by atoms with Crippen molar-refractivity contribution in [1.82, 2.24) is 9.84 Å². The van der Waals surface area contributed by atoms with Gasteiger partial charge >= 0.3 is 29.6 Å². The van der Waals surface area contributed by atoms with Crippen molar-refractivity contribution in [3.8, 4) is 0 Å². The molecule has 1 heterocycles. The number of hydrazone groups is 1. The normalized spacial score (nSPS) is 16.4. The van der Waals surface area contributed by atoms with Gasteiger partial charge in [0.1, 0.15) is 0 Å². The number of aliphatic hydroxyl groups is 1. The zero-order valence-electron chi connectivity index (χ0n) is 4.17. The van der Waals surface area contributed by atoms with Gasteiger partial charge in [0.2, 0.25) is 11.2 Å². The first-order valence-corrected chi connectivity index (χ1v) is 2.77. The number of halogens is 2. The van der Waals surface area contributed by atoms with Crippen LogP contribution >= 0.6 is 23.4 Å². The molecule has 10 heavy (non-hydrogen) atoms. The van der Waals surface area contributed by atoms with Gasteiger partial charge in [-0.25, -0.2) is 0 Å². The van der Waals surface area contributed by atoms with E-state index in [4.69, 9.17) is 28.5 Å². The van der Waals surface area contributed by atoms with Crippen LogP contribution in [0.3, 0.4) is 0 Å². The molecule has 0 aromatic rings. The molecule has 0 aromatic heterocycles. The summed E-state index contributed by atoms with van der Waals surface area (Å²) in [5.74, 6) is -0.193. The summed E-state index contributed by atoms with van der Waals surface area (Å²) in [6.45, 7) is 0. The van der Waals surface area contributed by atoms with Crippen molar-refractivity contribution in [3.05, 3.63) is 12.1 Å². The molecular formula is C3H4Cl2N3NaO. The average molecular weight is 192 g/mol. The quantitative estimate of drug-likeness (QED) is 0.329. The predicted molar refractivity (Wildman–Crippen MR) is 42.0 cm³/mol. The Hall–Kier alpha value is 0.390. The zero-order chi connectivity index (χ0) is 6.85. The van der Waals surface area contributed by atoms with Crippen LogP contribution in [0.4, 0.5) is 0 Å². The van der Waals surface area contributed by atoms with E-state index in [2.05, 4.69) is 10.4 Å². The van der Waals surface area contributed by atoms with E-state index in [0.29, 0.717) is 0 Å². The Balaban J connectivity index is 0.000000810. The fourth-order valence-corrected chi connectivity index (χ4v) is 0.628. The Morgan fingerprint density at radius 1 is 1.70 bits per heavy atom. The Labute approximate surface area is 89.9 Å². The van der Waals surface area contributed by atoms with E-state index < -0.39 is 0 Å². The van der Waals surface area contributed by atoms with Gasteiger partial charge in [0.15, 0.2) is 0 Å². The van der Waals surface area contributed by atoms with Crippen LogP contribution in [0.5, 0.6) is 0 Å². The molecule has 1 aliphatic heterocycles. The molecule has 0 amide bonds. The van der Waals surface area contributed by atoms with Crippen molar-refractivity contribution in [2.75, 3.05) is 0 Å². The van der Waals surface area contributed by atoms with E-state index in [1.165, 1.54) is 6.20 Å². The Bertz CT molecular complexity index is 183. The Morgan fingerprint density at radius 2 is 2.30 bits per heavy atom.